The van der Waals surface area contributed by atoms with Gasteiger partial charge in [0, 0.05) is 51.1 Å². The van der Waals surface area contributed by atoms with Crippen molar-refractivity contribution in [2.24, 2.45) is 11.8 Å². The van der Waals surface area contributed by atoms with E-state index < -0.39 is 22.6 Å². The third-order valence-corrected chi connectivity index (χ3v) is 10.3. The second-order valence-corrected chi connectivity index (χ2v) is 12.2. The molecule has 0 aliphatic carbocycles. The average molecular weight is 550 g/mol. The van der Waals surface area contributed by atoms with E-state index in [1.165, 1.54) is 0 Å². The Bertz CT molecular complexity index is 881. The number of aliphatic hydroxyl groups excluding tert-OH is 1. The van der Waals surface area contributed by atoms with Gasteiger partial charge in [0.15, 0.2) is 0 Å². The van der Waals surface area contributed by atoms with E-state index in [0.717, 1.165) is 38.9 Å². The smallest absolute Gasteiger partial charge is 0.310 e. The van der Waals surface area contributed by atoms with Crippen LogP contribution in [-0.2, 0) is 23.9 Å². The molecule has 4 aliphatic rings. The molecule has 0 saturated carbocycles. The lowest BCUT2D eigenvalue weighted by atomic mass is 9.71. The lowest BCUT2D eigenvalue weighted by Crippen LogP contribution is -2.56. The number of nitrogens with zero attached hydrogens (tertiary/aromatic N) is 3. The van der Waals surface area contributed by atoms with Crippen molar-refractivity contribution in [2.75, 3.05) is 65.7 Å². The Morgan fingerprint density at radius 2 is 1.97 bits per heavy atom. The molecule has 38 heavy (non-hydrogen) atoms. The number of rotatable bonds is 15. The molecule has 4 heterocycles. The molecule has 4 aliphatic heterocycles. The van der Waals surface area contributed by atoms with Crippen LogP contribution in [0.15, 0.2) is 25.3 Å². The molecule has 4 saturated heterocycles. The van der Waals surface area contributed by atoms with Crippen LogP contribution in [0.1, 0.15) is 38.5 Å². The Kier molecular flexibility index (Phi) is 10.3. The van der Waals surface area contributed by atoms with Gasteiger partial charge in [-0.2, -0.15) is 0 Å². The van der Waals surface area contributed by atoms with Gasteiger partial charge in [-0.15, -0.1) is 24.9 Å². The molecule has 0 aromatic rings. The average Bonchev–Trinajstić information content (AvgIpc) is 3.57. The fourth-order valence-electron chi connectivity index (χ4n) is 6.56. The third kappa shape index (κ3) is 5.83. The van der Waals surface area contributed by atoms with Crippen molar-refractivity contribution >= 4 is 29.5 Å². The molecule has 1 spiro atoms. The highest BCUT2D eigenvalue weighted by Crippen LogP contribution is 2.66. The first-order chi connectivity index (χ1) is 18.5. The summed E-state index contributed by atoms with van der Waals surface area (Å²) in [6.07, 6.45) is 7.69. The molecule has 9 nitrogen and oxygen atoms in total. The standard InChI is InChI=1S/C28H43N3O6S/c1-3-5-18-37-27(35)22-21-9-10-28(38-21)23(22)25(33)31(12-7-6-8-17-32)24(28)26(34)30(11-4-2)14-13-29-15-19-36-20-16-29/h3-4,21-24,32H,1-2,5-20H2/t21-,22+,23+,24?,28?/m1/s1. The topological polar surface area (TPSA) is 99.6 Å². The van der Waals surface area contributed by atoms with E-state index in [2.05, 4.69) is 18.1 Å². The third-order valence-electron chi connectivity index (χ3n) is 8.38. The van der Waals surface area contributed by atoms with Crippen molar-refractivity contribution in [2.45, 2.75) is 54.6 Å². The van der Waals surface area contributed by atoms with Crippen molar-refractivity contribution in [1.82, 2.24) is 14.7 Å². The first kappa shape index (κ1) is 29.1. The van der Waals surface area contributed by atoms with E-state index in [1.807, 2.05) is 4.90 Å². The molecule has 5 atom stereocenters. The van der Waals surface area contributed by atoms with Crippen LogP contribution in [0.4, 0.5) is 0 Å². The molecule has 212 valence electrons. The maximum atomic E-state index is 14.3. The highest BCUT2D eigenvalue weighted by molar-refractivity contribution is 8.02. The SMILES string of the molecule is C=CCCOC(=O)[C@@H]1[C@H]2C(=O)N(CCCCCO)C(C(=O)N(CC=C)CCN3CCOCC3)C23CC[C@H]1S3. The summed E-state index contributed by atoms with van der Waals surface area (Å²) < 4.78 is 10.4. The quantitative estimate of drug-likeness (QED) is 0.187. The van der Waals surface area contributed by atoms with Crippen LogP contribution in [0.5, 0.6) is 0 Å². The van der Waals surface area contributed by atoms with Crippen molar-refractivity contribution in [3.05, 3.63) is 25.3 Å². The van der Waals surface area contributed by atoms with E-state index in [1.54, 1.807) is 28.8 Å². The minimum atomic E-state index is -0.615. The molecule has 2 amide bonds. The number of morpholine rings is 1. The maximum Gasteiger partial charge on any atom is 0.310 e. The van der Waals surface area contributed by atoms with Crippen LogP contribution in [0.2, 0.25) is 0 Å². The number of likely N-dealkylation sites (tertiary alicyclic amines) is 1. The number of ether oxygens (including phenoxy) is 2. The highest BCUT2D eigenvalue weighted by Gasteiger charge is 2.74. The number of hydrogen-bond donors (Lipinski definition) is 1. The monoisotopic (exact) mass is 549 g/mol. The number of thioether (sulfide) groups is 1. The minimum absolute atomic E-state index is 0.00627. The number of aliphatic hydroxyl groups is 1. The lowest BCUT2D eigenvalue weighted by molar-refractivity contribution is -0.154. The zero-order valence-electron chi connectivity index (χ0n) is 22.4. The molecule has 0 aromatic carbocycles. The summed E-state index contributed by atoms with van der Waals surface area (Å²) in [4.78, 5) is 47.4. The summed E-state index contributed by atoms with van der Waals surface area (Å²) in [5, 5.41) is 9.22. The van der Waals surface area contributed by atoms with E-state index >= 15 is 0 Å². The summed E-state index contributed by atoms with van der Waals surface area (Å²) in [5.41, 5.74) is 0. The van der Waals surface area contributed by atoms with Crippen molar-refractivity contribution in [3.63, 3.8) is 0 Å². The minimum Gasteiger partial charge on any atom is -0.465 e. The molecule has 0 radical (unpaired) electrons. The largest absolute Gasteiger partial charge is 0.465 e. The first-order valence-corrected chi connectivity index (χ1v) is 14.9. The number of unbranched alkanes of at least 4 members (excludes halogenated alkanes) is 2. The Morgan fingerprint density at radius 1 is 1.18 bits per heavy atom. The van der Waals surface area contributed by atoms with Gasteiger partial charge in [-0.25, -0.2) is 0 Å². The molecular weight excluding hydrogens is 506 g/mol. The maximum absolute atomic E-state index is 14.3. The predicted octanol–water partition coefficient (Wildman–Crippen LogP) is 1.71. The zero-order chi connectivity index (χ0) is 27.1. The van der Waals surface area contributed by atoms with Crippen LogP contribution >= 0.6 is 11.8 Å². The summed E-state index contributed by atoms with van der Waals surface area (Å²) in [7, 11) is 0. The van der Waals surface area contributed by atoms with Crippen LogP contribution in [0.25, 0.3) is 0 Å². The number of carbonyl (C=O) groups excluding carboxylic acids is 3. The molecule has 0 aromatic heterocycles. The van der Waals surface area contributed by atoms with Crippen molar-refractivity contribution < 1.29 is 29.0 Å². The molecule has 2 unspecified atom stereocenters. The number of fused-ring (bicyclic) bond motifs is 1. The van der Waals surface area contributed by atoms with Gasteiger partial charge in [0.2, 0.25) is 11.8 Å². The molecule has 4 fully saturated rings. The predicted molar refractivity (Wildman–Crippen MR) is 147 cm³/mol. The summed E-state index contributed by atoms with van der Waals surface area (Å²) >= 11 is 1.67. The molecular formula is C28H43N3O6S. The van der Waals surface area contributed by atoms with Gasteiger partial charge in [0.25, 0.3) is 0 Å². The highest BCUT2D eigenvalue weighted by atomic mass is 32.2. The van der Waals surface area contributed by atoms with Crippen LogP contribution in [0, 0.1) is 11.8 Å². The van der Waals surface area contributed by atoms with Gasteiger partial charge in [-0.3, -0.25) is 19.3 Å². The Balaban J connectivity index is 1.57. The van der Waals surface area contributed by atoms with Gasteiger partial charge in [-0.1, -0.05) is 12.2 Å². The Morgan fingerprint density at radius 3 is 2.68 bits per heavy atom. The second-order valence-electron chi connectivity index (χ2n) is 10.6. The Labute approximate surface area is 230 Å². The van der Waals surface area contributed by atoms with E-state index in [9.17, 15) is 19.5 Å². The van der Waals surface area contributed by atoms with Gasteiger partial charge >= 0.3 is 5.97 Å². The van der Waals surface area contributed by atoms with Crippen LogP contribution in [0.3, 0.4) is 0 Å². The Hall–Kier alpha value is -1.88. The number of esters is 1. The number of carbonyl (C=O) groups is 3. The normalized spacial score (nSPS) is 30.3. The molecule has 2 bridgehead atoms. The zero-order valence-corrected chi connectivity index (χ0v) is 23.2. The number of amides is 2. The van der Waals surface area contributed by atoms with Gasteiger partial charge in [-0.05, 0) is 38.5 Å². The van der Waals surface area contributed by atoms with Gasteiger partial charge < -0.3 is 24.4 Å². The van der Waals surface area contributed by atoms with Gasteiger partial charge in [0.05, 0.1) is 36.4 Å². The number of hydrogen-bond acceptors (Lipinski definition) is 8. The van der Waals surface area contributed by atoms with Crippen LogP contribution in [-0.4, -0.2) is 119 Å². The summed E-state index contributed by atoms with van der Waals surface area (Å²) in [6.45, 7) is 13.2. The fourth-order valence-corrected chi connectivity index (χ4v) is 8.76. The van der Waals surface area contributed by atoms with E-state index in [0.29, 0.717) is 52.1 Å². The fraction of sp³-hybridized carbons (Fsp3) is 0.750. The lowest BCUT2D eigenvalue weighted by Gasteiger charge is -2.38. The molecule has 1 N–H and O–H groups in total. The van der Waals surface area contributed by atoms with Gasteiger partial charge in [0.1, 0.15) is 6.04 Å². The van der Waals surface area contributed by atoms with E-state index in [4.69, 9.17) is 9.47 Å². The second kappa shape index (κ2) is 13.5. The van der Waals surface area contributed by atoms with Crippen LogP contribution < -0.4 is 0 Å². The van der Waals surface area contributed by atoms with E-state index in [-0.39, 0.29) is 36.2 Å². The summed E-state index contributed by atoms with van der Waals surface area (Å²) in [6, 6.07) is -0.611. The molecule has 10 heteroatoms. The van der Waals surface area contributed by atoms with Crippen molar-refractivity contribution in [3.8, 4) is 0 Å². The molecule has 4 rings (SSSR count). The first-order valence-electron chi connectivity index (χ1n) is 14.0. The summed E-state index contributed by atoms with van der Waals surface area (Å²) in [5.74, 6) is -1.54. The van der Waals surface area contributed by atoms with Crippen molar-refractivity contribution in [1.29, 1.82) is 0 Å².